The Labute approximate surface area is 131 Å². The van der Waals surface area contributed by atoms with Crippen LogP contribution in [-0.4, -0.2) is 6.54 Å². The van der Waals surface area contributed by atoms with Crippen molar-refractivity contribution in [3.8, 4) is 0 Å². The first kappa shape index (κ1) is 16.5. The zero-order valence-electron chi connectivity index (χ0n) is 14.2. The van der Waals surface area contributed by atoms with Gasteiger partial charge in [-0.25, -0.2) is 0 Å². The van der Waals surface area contributed by atoms with E-state index in [4.69, 9.17) is 0 Å². The fourth-order valence-electron chi connectivity index (χ4n) is 3.50. The van der Waals surface area contributed by atoms with E-state index in [0.29, 0.717) is 6.04 Å². The molecule has 118 valence electrons. The van der Waals surface area contributed by atoms with Gasteiger partial charge >= 0.3 is 0 Å². The molecule has 21 heavy (non-hydrogen) atoms. The maximum Gasteiger partial charge on any atom is 0.0291 e. The van der Waals surface area contributed by atoms with Crippen LogP contribution in [0.5, 0.6) is 0 Å². The molecular weight excluding hydrogens is 254 g/mol. The van der Waals surface area contributed by atoms with Crippen LogP contribution in [0.2, 0.25) is 0 Å². The molecule has 1 aliphatic rings. The first-order valence-corrected chi connectivity index (χ1v) is 9.03. The van der Waals surface area contributed by atoms with Crippen LogP contribution in [0.4, 0.5) is 0 Å². The van der Waals surface area contributed by atoms with Gasteiger partial charge in [0.25, 0.3) is 0 Å². The highest BCUT2D eigenvalue weighted by atomic mass is 14.9. The highest BCUT2D eigenvalue weighted by molar-refractivity contribution is 5.24. The van der Waals surface area contributed by atoms with Crippen molar-refractivity contribution in [2.45, 2.75) is 71.8 Å². The van der Waals surface area contributed by atoms with Gasteiger partial charge in [0.15, 0.2) is 0 Å². The molecule has 0 spiro atoms. The van der Waals surface area contributed by atoms with E-state index in [0.717, 1.165) is 11.8 Å². The van der Waals surface area contributed by atoms with Crippen molar-refractivity contribution in [3.63, 3.8) is 0 Å². The third-order valence-corrected chi connectivity index (χ3v) is 5.27. The van der Waals surface area contributed by atoms with Crippen molar-refractivity contribution in [2.24, 2.45) is 11.8 Å². The second-order valence-corrected chi connectivity index (χ2v) is 7.00. The lowest BCUT2D eigenvalue weighted by Crippen LogP contribution is -2.31. The first-order valence-electron chi connectivity index (χ1n) is 9.03. The second-order valence-electron chi connectivity index (χ2n) is 7.00. The lowest BCUT2D eigenvalue weighted by Gasteiger charge is -2.30. The summed E-state index contributed by atoms with van der Waals surface area (Å²) in [6.45, 7) is 8.17. The summed E-state index contributed by atoms with van der Waals surface area (Å²) in [5.74, 6) is 1.78. The Morgan fingerprint density at radius 1 is 1.14 bits per heavy atom. The van der Waals surface area contributed by atoms with Gasteiger partial charge in [-0.3, -0.25) is 0 Å². The number of nitrogens with one attached hydrogen (secondary N) is 1. The topological polar surface area (TPSA) is 12.0 Å². The molecule has 1 aromatic carbocycles. The molecule has 1 heteroatoms. The summed E-state index contributed by atoms with van der Waals surface area (Å²) >= 11 is 0. The van der Waals surface area contributed by atoms with Gasteiger partial charge in [-0.15, -0.1) is 0 Å². The van der Waals surface area contributed by atoms with Crippen LogP contribution < -0.4 is 5.32 Å². The normalized spacial score (nSPS) is 24.0. The van der Waals surface area contributed by atoms with E-state index >= 15 is 0 Å². The smallest absolute Gasteiger partial charge is 0.0291 e. The van der Waals surface area contributed by atoms with Crippen molar-refractivity contribution >= 4 is 0 Å². The number of unbranched alkanes of at least 4 members (excludes halogenated alkanes) is 1. The van der Waals surface area contributed by atoms with Crippen molar-refractivity contribution in [2.75, 3.05) is 6.54 Å². The Balaban J connectivity index is 1.80. The van der Waals surface area contributed by atoms with Gasteiger partial charge in [0, 0.05) is 6.04 Å². The minimum atomic E-state index is 0.472. The summed E-state index contributed by atoms with van der Waals surface area (Å²) in [6, 6.07) is 9.72. The standard InChI is InChI=1S/C20H33N/c1-4-5-9-18-11-13-19(14-12-18)17(3)21-15-20-10-7-6-8-16(20)2/h11-14,16-17,20-21H,4-10,15H2,1-3H3. The Kier molecular flexibility index (Phi) is 6.76. The molecule has 1 fully saturated rings. The van der Waals surface area contributed by atoms with Crippen LogP contribution in [0.15, 0.2) is 24.3 Å². The number of hydrogen-bond acceptors (Lipinski definition) is 1. The van der Waals surface area contributed by atoms with Crippen LogP contribution >= 0.6 is 0 Å². The van der Waals surface area contributed by atoms with Gasteiger partial charge < -0.3 is 5.32 Å². The zero-order valence-corrected chi connectivity index (χ0v) is 14.2. The average molecular weight is 287 g/mol. The first-order chi connectivity index (χ1) is 10.2. The average Bonchev–Trinajstić information content (AvgIpc) is 2.52. The third kappa shape index (κ3) is 5.14. The SMILES string of the molecule is CCCCc1ccc(C(C)NCC2CCCCC2C)cc1. The van der Waals surface area contributed by atoms with Crippen LogP contribution in [0.25, 0.3) is 0 Å². The molecule has 2 rings (SSSR count). The molecule has 0 amide bonds. The number of aryl methyl sites for hydroxylation is 1. The van der Waals surface area contributed by atoms with Crippen LogP contribution in [-0.2, 0) is 6.42 Å². The van der Waals surface area contributed by atoms with Gasteiger partial charge in [0.05, 0.1) is 0 Å². The largest absolute Gasteiger partial charge is 0.310 e. The van der Waals surface area contributed by atoms with Gasteiger partial charge in [-0.1, -0.05) is 63.8 Å². The molecule has 1 N–H and O–H groups in total. The van der Waals surface area contributed by atoms with Gasteiger partial charge in [0.1, 0.15) is 0 Å². The molecule has 1 saturated carbocycles. The molecule has 0 heterocycles. The van der Waals surface area contributed by atoms with E-state index in [1.807, 2.05) is 0 Å². The maximum absolute atomic E-state index is 3.76. The molecule has 0 saturated heterocycles. The van der Waals surface area contributed by atoms with Crippen molar-refractivity contribution < 1.29 is 0 Å². The summed E-state index contributed by atoms with van der Waals surface area (Å²) in [5.41, 5.74) is 2.91. The minimum Gasteiger partial charge on any atom is -0.310 e. The van der Waals surface area contributed by atoms with E-state index in [1.54, 1.807) is 0 Å². The van der Waals surface area contributed by atoms with Crippen LogP contribution in [0.1, 0.15) is 76.5 Å². The highest BCUT2D eigenvalue weighted by Crippen LogP contribution is 2.29. The Morgan fingerprint density at radius 3 is 2.52 bits per heavy atom. The van der Waals surface area contributed by atoms with Gasteiger partial charge in [-0.2, -0.15) is 0 Å². The molecule has 1 aromatic rings. The summed E-state index contributed by atoms with van der Waals surface area (Å²) in [7, 11) is 0. The van der Waals surface area contributed by atoms with E-state index < -0.39 is 0 Å². The fourth-order valence-corrected chi connectivity index (χ4v) is 3.50. The summed E-state index contributed by atoms with van der Waals surface area (Å²) in [4.78, 5) is 0. The lowest BCUT2D eigenvalue weighted by atomic mass is 9.80. The quantitative estimate of drug-likeness (QED) is 0.697. The summed E-state index contributed by atoms with van der Waals surface area (Å²) in [5, 5.41) is 3.76. The van der Waals surface area contributed by atoms with Crippen molar-refractivity contribution in [1.82, 2.24) is 5.32 Å². The molecular formula is C20H33N. The molecule has 3 atom stereocenters. The van der Waals surface area contributed by atoms with E-state index in [2.05, 4.69) is 50.4 Å². The Bertz CT molecular complexity index is 395. The summed E-state index contributed by atoms with van der Waals surface area (Å²) < 4.78 is 0. The molecule has 3 unspecified atom stereocenters. The minimum absolute atomic E-state index is 0.472. The predicted octanol–water partition coefficient (Wildman–Crippen LogP) is 5.51. The number of hydrogen-bond donors (Lipinski definition) is 1. The molecule has 0 aromatic heterocycles. The maximum atomic E-state index is 3.76. The van der Waals surface area contributed by atoms with Crippen LogP contribution in [0, 0.1) is 11.8 Å². The van der Waals surface area contributed by atoms with Gasteiger partial charge in [-0.05, 0) is 55.7 Å². The zero-order chi connectivity index (χ0) is 15.1. The number of benzene rings is 1. The number of rotatable bonds is 7. The molecule has 0 radical (unpaired) electrons. The highest BCUT2D eigenvalue weighted by Gasteiger charge is 2.21. The second kappa shape index (κ2) is 8.58. The third-order valence-electron chi connectivity index (χ3n) is 5.27. The van der Waals surface area contributed by atoms with Gasteiger partial charge in [0.2, 0.25) is 0 Å². The Hall–Kier alpha value is -0.820. The molecule has 0 aliphatic heterocycles. The fraction of sp³-hybridized carbons (Fsp3) is 0.700. The van der Waals surface area contributed by atoms with E-state index in [9.17, 15) is 0 Å². The lowest BCUT2D eigenvalue weighted by molar-refractivity contribution is 0.242. The van der Waals surface area contributed by atoms with Crippen molar-refractivity contribution in [1.29, 1.82) is 0 Å². The monoisotopic (exact) mass is 287 g/mol. The molecule has 1 aliphatic carbocycles. The summed E-state index contributed by atoms with van der Waals surface area (Å²) in [6.07, 6.45) is 9.50. The Morgan fingerprint density at radius 2 is 1.86 bits per heavy atom. The predicted molar refractivity (Wildman–Crippen MR) is 92.6 cm³/mol. The molecule has 1 nitrogen and oxygen atoms in total. The van der Waals surface area contributed by atoms with Crippen LogP contribution in [0.3, 0.4) is 0 Å². The molecule has 0 bridgehead atoms. The van der Waals surface area contributed by atoms with E-state index in [1.165, 1.54) is 62.6 Å². The van der Waals surface area contributed by atoms with Crippen molar-refractivity contribution in [3.05, 3.63) is 35.4 Å². The van der Waals surface area contributed by atoms with E-state index in [-0.39, 0.29) is 0 Å².